The van der Waals surface area contributed by atoms with E-state index in [1.165, 1.54) is 18.9 Å². The molecule has 0 saturated carbocycles. The van der Waals surface area contributed by atoms with Crippen LogP contribution in [0.15, 0.2) is 10.6 Å². The lowest BCUT2D eigenvalue weighted by Gasteiger charge is -2.37. The van der Waals surface area contributed by atoms with E-state index in [1.807, 2.05) is 19.2 Å². The van der Waals surface area contributed by atoms with Crippen LogP contribution in [0.2, 0.25) is 18.1 Å². The minimum atomic E-state index is -2.23. The molecule has 1 N–H and O–H groups in total. The third-order valence-electron chi connectivity index (χ3n) is 6.00. The summed E-state index contributed by atoms with van der Waals surface area (Å²) in [5.41, 5.74) is 1.85. The van der Waals surface area contributed by atoms with E-state index < -0.39 is 20.3 Å². The molecular formula is C23H34N4O5SSi. The van der Waals surface area contributed by atoms with Crippen molar-refractivity contribution in [3.63, 3.8) is 0 Å². The van der Waals surface area contributed by atoms with Gasteiger partial charge in [0.05, 0.1) is 19.8 Å². The Kier molecular flexibility index (Phi) is 9.02. The standard InChI is InChI=1S/C23H34N4O5SSi/c1-14-18(29-6)10-19(32-34(8,9)23(3,4)5)16(20(14)22(28)30-7)11-33-12-17(25-13-24)21-26-15(2)27-31-21/h10,17,25H,11-12H2,1-9H3/t17-/m0/s1. The molecule has 1 aromatic carbocycles. The van der Waals surface area contributed by atoms with E-state index >= 15 is 0 Å². The number of nitrogens with zero attached hydrogens (tertiary/aromatic N) is 3. The molecule has 2 aromatic rings. The van der Waals surface area contributed by atoms with Crippen molar-refractivity contribution < 1.29 is 23.2 Å². The van der Waals surface area contributed by atoms with Crippen molar-refractivity contribution in [1.29, 1.82) is 5.26 Å². The number of carbonyl (C=O) groups is 1. The second-order valence-electron chi connectivity index (χ2n) is 9.41. The van der Waals surface area contributed by atoms with Crippen molar-refractivity contribution in [3.8, 4) is 17.7 Å². The Bertz CT molecular complexity index is 1060. The predicted octanol–water partition coefficient (Wildman–Crippen LogP) is 4.91. The Labute approximate surface area is 206 Å². The van der Waals surface area contributed by atoms with Gasteiger partial charge in [-0.25, -0.2) is 4.79 Å². The summed E-state index contributed by atoms with van der Waals surface area (Å²) in [6, 6.07) is 1.40. The molecule has 2 rings (SSSR count). The lowest BCUT2D eigenvalue weighted by molar-refractivity contribution is 0.0598. The molecule has 0 aliphatic carbocycles. The average Bonchev–Trinajstić information content (AvgIpc) is 3.19. The second kappa shape index (κ2) is 11.1. The van der Waals surface area contributed by atoms with E-state index in [4.69, 9.17) is 23.7 Å². The quantitative estimate of drug-likeness (QED) is 0.206. The minimum Gasteiger partial charge on any atom is -0.543 e. The number of benzene rings is 1. The van der Waals surface area contributed by atoms with Crippen molar-refractivity contribution >= 4 is 26.0 Å². The van der Waals surface area contributed by atoms with E-state index in [1.54, 1.807) is 14.0 Å². The molecule has 0 radical (unpaired) electrons. The molecule has 0 unspecified atom stereocenters. The summed E-state index contributed by atoms with van der Waals surface area (Å²) in [5.74, 6) is 2.45. The van der Waals surface area contributed by atoms with Crippen LogP contribution in [0.4, 0.5) is 0 Å². The number of carbonyl (C=O) groups excluding carboxylic acids is 1. The number of nitriles is 1. The number of hydrogen-bond acceptors (Lipinski definition) is 10. The highest BCUT2D eigenvalue weighted by Gasteiger charge is 2.40. The van der Waals surface area contributed by atoms with Crippen LogP contribution in [0, 0.1) is 25.3 Å². The lowest BCUT2D eigenvalue weighted by atomic mass is 10.0. The van der Waals surface area contributed by atoms with Gasteiger partial charge in [-0.15, -0.1) is 0 Å². The van der Waals surface area contributed by atoms with Gasteiger partial charge >= 0.3 is 5.97 Å². The van der Waals surface area contributed by atoms with Crippen molar-refractivity contribution in [2.24, 2.45) is 0 Å². The first-order valence-electron chi connectivity index (χ1n) is 10.9. The Balaban J connectivity index is 2.47. The number of aromatic nitrogens is 2. The zero-order valence-electron chi connectivity index (χ0n) is 21.4. The zero-order chi connectivity index (χ0) is 25.7. The van der Waals surface area contributed by atoms with Crippen LogP contribution in [0.1, 0.15) is 60.0 Å². The normalized spacial score (nSPS) is 12.6. The first-order valence-corrected chi connectivity index (χ1v) is 14.9. The number of nitrogens with one attached hydrogen (secondary N) is 1. The molecule has 11 heteroatoms. The van der Waals surface area contributed by atoms with Gasteiger partial charge in [0.2, 0.25) is 8.32 Å². The highest BCUT2D eigenvalue weighted by Crippen LogP contribution is 2.42. The van der Waals surface area contributed by atoms with Crippen LogP contribution < -0.4 is 14.5 Å². The molecule has 0 aliphatic rings. The Morgan fingerprint density at radius 1 is 1.29 bits per heavy atom. The summed E-state index contributed by atoms with van der Waals surface area (Å²) in [7, 11) is 0.699. The van der Waals surface area contributed by atoms with Crippen molar-refractivity contribution in [2.75, 3.05) is 20.0 Å². The summed E-state index contributed by atoms with van der Waals surface area (Å²) >= 11 is 1.52. The summed E-state index contributed by atoms with van der Waals surface area (Å²) in [5, 5.41) is 15.6. The van der Waals surface area contributed by atoms with Gasteiger partial charge < -0.3 is 23.7 Å². The van der Waals surface area contributed by atoms with Crippen molar-refractivity contribution in [2.45, 2.75) is 64.5 Å². The Morgan fingerprint density at radius 2 is 1.97 bits per heavy atom. The SMILES string of the molecule is COC(=O)c1c(C)c(OC)cc(O[Si](C)(C)C(C)(C)C)c1CSC[C@H](NC#N)c1nc(C)no1. The van der Waals surface area contributed by atoms with Crippen LogP contribution >= 0.6 is 11.8 Å². The molecule has 0 fully saturated rings. The molecule has 9 nitrogen and oxygen atoms in total. The first-order chi connectivity index (χ1) is 15.9. The highest BCUT2D eigenvalue weighted by atomic mass is 32.2. The first kappa shape index (κ1) is 27.5. The number of aryl methyl sites for hydroxylation is 1. The number of ether oxygens (including phenoxy) is 2. The van der Waals surface area contributed by atoms with Crippen LogP contribution in [0.5, 0.6) is 11.5 Å². The predicted molar refractivity (Wildman–Crippen MR) is 134 cm³/mol. The van der Waals surface area contributed by atoms with E-state index in [9.17, 15) is 4.79 Å². The molecule has 1 aromatic heterocycles. The number of methoxy groups -OCH3 is 2. The highest BCUT2D eigenvalue weighted by molar-refractivity contribution is 7.98. The molecule has 0 bridgehead atoms. The van der Waals surface area contributed by atoms with E-state index in [0.29, 0.717) is 45.8 Å². The largest absolute Gasteiger partial charge is 0.543 e. The molecule has 0 amide bonds. The summed E-state index contributed by atoms with van der Waals surface area (Å²) in [6.07, 6.45) is 1.95. The van der Waals surface area contributed by atoms with Gasteiger partial charge in [-0.1, -0.05) is 25.9 Å². The van der Waals surface area contributed by atoms with Gasteiger partial charge in [-0.3, -0.25) is 0 Å². The number of hydrogen-bond donors (Lipinski definition) is 1. The van der Waals surface area contributed by atoms with E-state index in [0.717, 1.165) is 5.56 Å². The average molecular weight is 507 g/mol. The topological polar surface area (TPSA) is 120 Å². The fraction of sp³-hybridized carbons (Fsp3) is 0.565. The second-order valence-corrected chi connectivity index (χ2v) is 15.2. The molecule has 0 spiro atoms. The van der Waals surface area contributed by atoms with E-state index in [2.05, 4.69) is 49.3 Å². The van der Waals surface area contributed by atoms with Crippen LogP contribution in [-0.4, -0.2) is 44.4 Å². The summed E-state index contributed by atoms with van der Waals surface area (Å²) < 4.78 is 22.6. The maximum atomic E-state index is 12.8. The fourth-order valence-corrected chi connectivity index (χ4v) is 5.13. The number of thioether (sulfide) groups is 1. The molecule has 1 atom stereocenters. The molecule has 34 heavy (non-hydrogen) atoms. The van der Waals surface area contributed by atoms with Gasteiger partial charge in [0.1, 0.15) is 17.5 Å². The maximum absolute atomic E-state index is 12.8. The molecule has 0 aliphatic heterocycles. The third-order valence-corrected chi connectivity index (χ3v) is 11.4. The summed E-state index contributed by atoms with van der Waals surface area (Å²) in [4.78, 5) is 17.1. The Morgan fingerprint density at radius 3 is 2.47 bits per heavy atom. The van der Waals surface area contributed by atoms with Crippen molar-refractivity contribution in [1.82, 2.24) is 15.5 Å². The van der Waals surface area contributed by atoms with Crippen LogP contribution in [0.25, 0.3) is 0 Å². The van der Waals surface area contributed by atoms with Crippen LogP contribution in [-0.2, 0) is 10.5 Å². The van der Waals surface area contributed by atoms with Gasteiger partial charge in [0.15, 0.2) is 12.0 Å². The molecular weight excluding hydrogens is 472 g/mol. The third kappa shape index (κ3) is 6.24. The van der Waals surface area contributed by atoms with E-state index in [-0.39, 0.29) is 5.04 Å². The lowest BCUT2D eigenvalue weighted by Crippen LogP contribution is -2.44. The van der Waals surface area contributed by atoms with Crippen LogP contribution in [0.3, 0.4) is 0 Å². The van der Waals surface area contributed by atoms with Gasteiger partial charge in [0.25, 0.3) is 5.89 Å². The van der Waals surface area contributed by atoms with Gasteiger partial charge in [-0.05, 0) is 32.0 Å². The van der Waals surface area contributed by atoms with Gasteiger partial charge in [0, 0.05) is 28.7 Å². The van der Waals surface area contributed by atoms with Gasteiger partial charge in [-0.2, -0.15) is 22.0 Å². The zero-order valence-corrected chi connectivity index (χ0v) is 23.2. The maximum Gasteiger partial charge on any atom is 0.338 e. The number of esters is 1. The minimum absolute atomic E-state index is 0.0431. The van der Waals surface area contributed by atoms with Crippen molar-refractivity contribution in [3.05, 3.63) is 34.5 Å². The fourth-order valence-electron chi connectivity index (χ4n) is 3.03. The smallest absolute Gasteiger partial charge is 0.338 e. The molecule has 0 saturated heterocycles. The monoisotopic (exact) mass is 506 g/mol. The molecule has 186 valence electrons. The summed E-state index contributed by atoms with van der Waals surface area (Å²) in [6.45, 7) is 14.3. The Hall–Kier alpha value is -2.71. The number of rotatable bonds is 10. The molecule has 1 heterocycles.